The van der Waals surface area contributed by atoms with Crippen molar-refractivity contribution in [3.05, 3.63) is 41.8 Å². The lowest BCUT2D eigenvalue weighted by atomic mass is 10.1. The predicted octanol–water partition coefficient (Wildman–Crippen LogP) is 3.23. The molecule has 0 atom stereocenters. The first-order valence-electron chi connectivity index (χ1n) is 6.07. The molecule has 0 aliphatic carbocycles. The van der Waals surface area contributed by atoms with E-state index >= 15 is 0 Å². The molecule has 1 heterocycles. The Morgan fingerprint density at radius 3 is 2.88 bits per heavy atom. The van der Waals surface area contributed by atoms with E-state index in [9.17, 15) is 4.79 Å². The maximum absolute atomic E-state index is 11.9. The Kier molecular flexibility index (Phi) is 3.81. The van der Waals surface area contributed by atoms with Crippen LogP contribution in [0.5, 0.6) is 5.75 Å². The number of unbranched alkanes of at least 4 members (excludes halogenated alkanes) is 2. The quantitative estimate of drug-likeness (QED) is 0.808. The second kappa shape index (κ2) is 5.53. The van der Waals surface area contributed by atoms with E-state index < -0.39 is 0 Å². The molecule has 3 heteroatoms. The summed E-state index contributed by atoms with van der Waals surface area (Å²) in [5.74, 6) is 0.538. The molecule has 1 amide bonds. The van der Waals surface area contributed by atoms with E-state index in [4.69, 9.17) is 4.74 Å². The second-order valence-corrected chi connectivity index (χ2v) is 4.17. The fourth-order valence-electron chi connectivity index (χ4n) is 1.82. The van der Waals surface area contributed by atoms with Gasteiger partial charge in [0.25, 0.3) is 5.91 Å². The van der Waals surface area contributed by atoms with Crippen molar-refractivity contribution in [2.24, 2.45) is 0 Å². The van der Waals surface area contributed by atoms with Crippen molar-refractivity contribution in [1.29, 1.82) is 0 Å². The van der Waals surface area contributed by atoms with Crippen LogP contribution >= 0.6 is 0 Å². The molecule has 1 aliphatic rings. The number of carbonyl (C=O) groups excluding carboxylic acids is 1. The van der Waals surface area contributed by atoms with Gasteiger partial charge in [0.05, 0.1) is 11.3 Å². The highest BCUT2D eigenvalue weighted by Gasteiger charge is 2.16. The van der Waals surface area contributed by atoms with E-state index in [0.29, 0.717) is 11.3 Å². The summed E-state index contributed by atoms with van der Waals surface area (Å²) in [7, 11) is 0. The summed E-state index contributed by atoms with van der Waals surface area (Å²) < 4.78 is 5.52. The Morgan fingerprint density at radius 2 is 2.06 bits per heavy atom. The highest BCUT2D eigenvalue weighted by atomic mass is 16.5. The Labute approximate surface area is 101 Å². The lowest BCUT2D eigenvalue weighted by molar-refractivity contribution is 0.0965. The van der Waals surface area contributed by atoms with Crippen molar-refractivity contribution in [3.63, 3.8) is 0 Å². The molecule has 1 N–H and O–H groups in total. The topological polar surface area (TPSA) is 38.3 Å². The maximum atomic E-state index is 11.9. The molecule has 1 aromatic carbocycles. The predicted molar refractivity (Wildman–Crippen MR) is 66.8 cm³/mol. The summed E-state index contributed by atoms with van der Waals surface area (Å²) in [5, 5.41) is 2.89. The van der Waals surface area contributed by atoms with E-state index in [1.54, 1.807) is 18.4 Å². The minimum absolute atomic E-state index is 0.0825. The Bertz CT molecular complexity index is 438. The SMILES string of the molecule is CCCCCC1=COc2ccccc2C(=O)N1. The molecule has 2 rings (SSSR count). The monoisotopic (exact) mass is 231 g/mol. The van der Waals surface area contributed by atoms with Gasteiger partial charge in [0, 0.05) is 0 Å². The van der Waals surface area contributed by atoms with Crippen LogP contribution in [0.3, 0.4) is 0 Å². The van der Waals surface area contributed by atoms with E-state index in [2.05, 4.69) is 12.2 Å². The number of carbonyl (C=O) groups is 1. The van der Waals surface area contributed by atoms with Crippen molar-refractivity contribution in [2.45, 2.75) is 32.6 Å². The van der Waals surface area contributed by atoms with Gasteiger partial charge in [-0.25, -0.2) is 0 Å². The first kappa shape index (κ1) is 11.7. The van der Waals surface area contributed by atoms with E-state index in [0.717, 1.165) is 18.5 Å². The summed E-state index contributed by atoms with van der Waals surface area (Å²) in [5.41, 5.74) is 1.45. The molecule has 0 fully saturated rings. The number of para-hydroxylation sites is 1. The van der Waals surface area contributed by atoms with Crippen LogP contribution in [0, 0.1) is 0 Å². The van der Waals surface area contributed by atoms with Crippen LogP contribution in [0.2, 0.25) is 0 Å². The van der Waals surface area contributed by atoms with E-state index in [-0.39, 0.29) is 5.91 Å². The highest BCUT2D eigenvalue weighted by Crippen LogP contribution is 2.22. The van der Waals surface area contributed by atoms with Crippen LogP contribution in [-0.4, -0.2) is 5.91 Å². The normalized spacial score (nSPS) is 14.2. The van der Waals surface area contributed by atoms with Crippen molar-refractivity contribution in [1.82, 2.24) is 5.32 Å². The molecule has 1 aromatic rings. The number of hydrogen-bond acceptors (Lipinski definition) is 2. The number of ether oxygens (including phenoxy) is 1. The van der Waals surface area contributed by atoms with E-state index in [1.165, 1.54) is 12.8 Å². The van der Waals surface area contributed by atoms with Gasteiger partial charge in [-0.3, -0.25) is 4.79 Å². The lowest BCUT2D eigenvalue weighted by Crippen LogP contribution is -2.21. The average molecular weight is 231 g/mol. The van der Waals surface area contributed by atoms with Crippen molar-refractivity contribution in [2.75, 3.05) is 0 Å². The molecule has 90 valence electrons. The summed E-state index contributed by atoms with van der Waals surface area (Å²) in [4.78, 5) is 11.9. The number of benzene rings is 1. The van der Waals surface area contributed by atoms with Crippen molar-refractivity contribution < 1.29 is 9.53 Å². The molecule has 0 unspecified atom stereocenters. The van der Waals surface area contributed by atoms with Crippen LogP contribution in [-0.2, 0) is 0 Å². The zero-order chi connectivity index (χ0) is 12.1. The number of nitrogens with one attached hydrogen (secondary N) is 1. The highest BCUT2D eigenvalue weighted by molar-refractivity contribution is 5.98. The number of hydrogen-bond donors (Lipinski definition) is 1. The third kappa shape index (κ3) is 2.87. The first-order chi connectivity index (χ1) is 8.31. The Morgan fingerprint density at radius 1 is 1.24 bits per heavy atom. The van der Waals surface area contributed by atoms with E-state index in [1.807, 2.05) is 12.1 Å². The second-order valence-electron chi connectivity index (χ2n) is 4.17. The lowest BCUT2D eigenvalue weighted by Gasteiger charge is -2.05. The molecular formula is C14H17NO2. The zero-order valence-corrected chi connectivity index (χ0v) is 10.0. The number of allylic oxidation sites excluding steroid dienone is 1. The molecule has 0 radical (unpaired) electrons. The third-order valence-corrected chi connectivity index (χ3v) is 2.78. The molecule has 0 bridgehead atoms. The van der Waals surface area contributed by atoms with Crippen LogP contribution in [0.25, 0.3) is 0 Å². The molecule has 0 saturated carbocycles. The summed E-state index contributed by atoms with van der Waals surface area (Å²) in [6.45, 7) is 2.16. The number of fused-ring (bicyclic) bond motifs is 1. The van der Waals surface area contributed by atoms with Gasteiger partial charge in [-0.2, -0.15) is 0 Å². The van der Waals surface area contributed by atoms with Gasteiger partial charge in [-0.05, 0) is 25.0 Å². The van der Waals surface area contributed by atoms with Crippen molar-refractivity contribution in [3.8, 4) is 5.75 Å². The van der Waals surface area contributed by atoms with Gasteiger partial charge >= 0.3 is 0 Å². The first-order valence-corrected chi connectivity index (χ1v) is 6.07. The average Bonchev–Trinajstić information content (AvgIpc) is 2.50. The fourth-order valence-corrected chi connectivity index (χ4v) is 1.82. The Balaban J connectivity index is 2.07. The van der Waals surface area contributed by atoms with Gasteiger partial charge in [-0.15, -0.1) is 0 Å². The van der Waals surface area contributed by atoms with Crippen LogP contribution in [0.15, 0.2) is 36.2 Å². The summed E-state index contributed by atoms with van der Waals surface area (Å²) in [6, 6.07) is 7.28. The standard InChI is InChI=1S/C14H17NO2/c1-2-3-4-7-11-10-17-13-9-6-5-8-12(13)14(16)15-11/h5-6,8-10H,2-4,7H2,1H3,(H,15,16). The number of amides is 1. The van der Waals surface area contributed by atoms with Gasteiger partial charge in [0.2, 0.25) is 0 Å². The van der Waals surface area contributed by atoms with Gasteiger partial charge in [0.1, 0.15) is 12.0 Å². The molecular weight excluding hydrogens is 214 g/mol. The molecule has 1 aliphatic heterocycles. The van der Waals surface area contributed by atoms with Gasteiger partial charge < -0.3 is 10.1 Å². The minimum Gasteiger partial charge on any atom is -0.462 e. The summed E-state index contributed by atoms with van der Waals surface area (Å²) in [6.07, 6.45) is 5.91. The third-order valence-electron chi connectivity index (χ3n) is 2.78. The van der Waals surface area contributed by atoms with Gasteiger partial charge in [-0.1, -0.05) is 31.9 Å². The zero-order valence-electron chi connectivity index (χ0n) is 10.0. The van der Waals surface area contributed by atoms with Gasteiger partial charge in [0.15, 0.2) is 0 Å². The van der Waals surface area contributed by atoms with Crippen molar-refractivity contribution >= 4 is 5.91 Å². The van der Waals surface area contributed by atoms with Crippen LogP contribution < -0.4 is 10.1 Å². The molecule has 0 aromatic heterocycles. The van der Waals surface area contributed by atoms with Crippen LogP contribution in [0.4, 0.5) is 0 Å². The number of rotatable bonds is 4. The molecule has 17 heavy (non-hydrogen) atoms. The molecule has 0 saturated heterocycles. The smallest absolute Gasteiger partial charge is 0.259 e. The largest absolute Gasteiger partial charge is 0.462 e. The van der Waals surface area contributed by atoms with Crippen LogP contribution in [0.1, 0.15) is 43.0 Å². The molecule has 0 spiro atoms. The Hall–Kier alpha value is -1.77. The molecule has 3 nitrogen and oxygen atoms in total. The summed E-state index contributed by atoms with van der Waals surface area (Å²) >= 11 is 0. The maximum Gasteiger partial charge on any atom is 0.259 e. The minimum atomic E-state index is -0.0825. The fraction of sp³-hybridized carbons (Fsp3) is 0.357.